The van der Waals surface area contributed by atoms with Gasteiger partial charge >= 0.3 is 0 Å². The molecule has 1 aliphatic heterocycles. The van der Waals surface area contributed by atoms with E-state index in [1.807, 2.05) is 4.90 Å². The van der Waals surface area contributed by atoms with Crippen molar-refractivity contribution in [3.8, 4) is 0 Å². The lowest BCUT2D eigenvalue weighted by Gasteiger charge is -2.29. The zero-order chi connectivity index (χ0) is 20.8. The molecule has 2 N–H and O–H groups in total. The van der Waals surface area contributed by atoms with Crippen LogP contribution in [0.5, 0.6) is 0 Å². The monoisotopic (exact) mass is 406 g/mol. The molecule has 0 bridgehead atoms. The first-order valence-corrected chi connectivity index (χ1v) is 9.15. The van der Waals surface area contributed by atoms with Crippen molar-refractivity contribution in [2.24, 2.45) is 0 Å². The summed E-state index contributed by atoms with van der Waals surface area (Å²) in [6.07, 6.45) is 1.26. The topological polar surface area (TPSA) is 61.8 Å². The first-order valence-electron chi connectivity index (χ1n) is 9.15. The van der Waals surface area contributed by atoms with Crippen molar-refractivity contribution >= 4 is 17.7 Å². The van der Waals surface area contributed by atoms with Crippen molar-refractivity contribution in [2.45, 2.75) is 6.10 Å². The number of aliphatic hydroxyl groups excluding tert-OH is 1. The second kappa shape index (κ2) is 9.58. The highest BCUT2D eigenvalue weighted by molar-refractivity contribution is 5.91. The highest BCUT2D eigenvalue weighted by Gasteiger charge is 2.18. The maximum absolute atomic E-state index is 14.2. The molecule has 5 nitrogen and oxygen atoms in total. The summed E-state index contributed by atoms with van der Waals surface area (Å²) in [4.78, 5) is 13.8. The number of carbonyl (C=O) groups excluding carboxylic acids is 1. The molecule has 0 radical (unpaired) electrons. The molecule has 1 aliphatic rings. The van der Waals surface area contributed by atoms with Gasteiger partial charge in [0.25, 0.3) is 0 Å². The minimum absolute atomic E-state index is 0.0655. The lowest BCUT2D eigenvalue weighted by atomic mass is 10.1. The number of morpholine rings is 1. The van der Waals surface area contributed by atoms with E-state index in [4.69, 9.17) is 4.74 Å². The zero-order valence-electron chi connectivity index (χ0n) is 15.6. The number of aliphatic hydroxyl groups is 1. The SMILES string of the molecule is O=C(C=Cc1ccc(F)cc1F)NCC(O)c1ccc(F)c(N2CCOCC2)c1. The maximum Gasteiger partial charge on any atom is 0.244 e. The van der Waals surface area contributed by atoms with E-state index in [1.54, 1.807) is 6.07 Å². The summed E-state index contributed by atoms with van der Waals surface area (Å²) in [7, 11) is 0. The third kappa shape index (κ3) is 5.58. The van der Waals surface area contributed by atoms with Crippen LogP contribution in [0.3, 0.4) is 0 Å². The highest BCUT2D eigenvalue weighted by atomic mass is 19.1. The van der Waals surface area contributed by atoms with Gasteiger partial charge in [-0.1, -0.05) is 6.07 Å². The molecule has 154 valence electrons. The van der Waals surface area contributed by atoms with Crippen LogP contribution >= 0.6 is 0 Å². The summed E-state index contributed by atoms with van der Waals surface area (Å²) in [6, 6.07) is 7.32. The minimum Gasteiger partial charge on any atom is -0.387 e. The molecule has 1 unspecified atom stereocenters. The predicted octanol–water partition coefficient (Wildman–Crippen LogP) is 2.80. The molecule has 0 aliphatic carbocycles. The molecule has 0 spiro atoms. The van der Waals surface area contributed by atoms with Crippen molar-refractivity contribution in [1.82, 2.24) is 5.32 Å². The number of rotatable bonds is 6. The summed E-state index contributed by atoms with van der Waals surface area (Å²) in [5.41, 5.74) is 0.903. The van der Waals surface area contributed by atoms with Gasteiger partial charge in [0.1, 0.15) is 17.5 Å². The number of carbonyl (C=O) groups is 1. The second-order valence-electron chi connectivity index (χ2n) is 6.57. The fraction of sp³-hybridized carbons (Fsp3) is 0.286. The molecule has 29 heavy (non-hydrogen) atoms. The van der Waals surface area contributed by atoms with Gasteiger partial charge in [-0.15, -0.1) is 0 Å². The number of hydrogen-bond donors (Lipinski definition) is 2. The van der Waals surface area contributed by atoms with E-state index < -0.39 is 29.5 Å². The molecule has 0 aromatic heterocycles. The second-order valence-corrected chi connectivity index (χ2v) is 6.57. The maximum atomic E-state index is 14.2. The van der Waals surface area contributed by atoms with E-state index in [2.05, 4.69) is 5.32 Å². The molecule has 1 heterocycles. The number of benzene rings is 2. The lowest BCUT2D eigenvalue weighted by molar-refractivity contribution is -0.116. The number of hydrogen-bond acceptors (Lipinski definition) is 4. The van der Waals surface area contributed by atoms with Gasteiger partial charge in [0, 0.05) is 37.3 Å². The van der Waals surface area contributed by atoms with Crippen LogP contribution in [0.25, 0.3) is 6.08 Å². The quantitative estimate of drug-likeness (QED) is 0.725. The van der Waals surface area contributed by atoms with Gasteiger partial charge in [0.05, 0.1) is 25.0 Å². The van der Waals surface area contributed by atoms with E-state index >= 15 is 0 Å². The Morgan fingerprint density at radius 3 is 2.62 bits per heavy atom. The Bertz CT molecular complexity index is 899. The molecule has 1 amide bonds. The normalized spacial score (nSPS) is 15.5. The Morgan fingerprint density at radius 1 is 1.14 bits per heavy atom. The largest absolute Gasteiger partial charge is 0.387 e. The highest BCUT2D eigenvalue weighted by Crippen LogP contribution is 2.25. The van der Waals surface area contributed by atoms with Gasteiger partial charge in [0.2, 0.25) is 5.91 Å². The van der Waals surface area contributed by atoms with Gasteiger partial charge in [-0.25, -0.2) is 13.2 Å². The first-order chi connectivity index (χ1) is 13.9. The third-order valence-corrected chi connectivity index (χ3v) is 4.55. The van der Waals surface area contributed by atoms with Crippen molar-refractivity contribution < 1.29 is 27.8 Å². The fourth-order valence-corrected chi connectivity index (χ4v) is 2.96. The van der Waals surface area contributed by atoms with Crippen molar-refractivity contribution in [1.29, 1.82) is 0 Å². The Balaban J connectivity index is 1.59. The molecule has 0 saturated carbocycles. The van der Waals surface area contributed by atoms with Gasteiger partial charge in [-0.2, -0.15) is 0 Å². The predicted molar refractivity (Wildman–Crippen MR) is 103 cm³/mol. The van der Waals surface area contributed by atoms with E-state index in [0.717, 1.165) is 18.2 Å². The van der Waals surface area contributed by atoms with Crippen molar-refractivity contribution in [3.05, 3.63) is 71.1 Å². The van der Waals surface area contributed by atoms with Gasteiger partial charge < -0.3 is 20.1 Å². The summed E-state index contributed by atoms with van der Waals surface area (Å²) in [6.45, 7) is 2.01. The number of nitrogens with one attached hydrogen (secondary N) is 1. The molecule has 1 saturated heterocycles. The molecule has 1 fully saturated rings. The van der Waals surface area contributed by atoms with Crippen LogP contribution in [-0.2, 0) is 9.53 Å². The average Bonchev–Trinajstić information content (AvgIpc) is 2.72. The number of ether oxygens (including phenoxy) is 1. The average molecular weight is 406 g/mol. The molecule has 8 heteroatoms. The van der Waals surface area contributed by atoms with Crippen molar-refractivity contribution in [3.63, 3.8) is 0 Å². The first kappa shape index (κ1) is 20.9. The summed E-state index contributed by atoms with van der Waals surface area (Å²) < 4.78 is 45.9. The molecule has 2 aromatic carbocycles. The Kier molecular flexibility index (Phi) is 6.90. The fourth-order valence-electron chi connectivity index (χ4n) is 2.96. The number of nitrogens with zero attached hydrogens (tertiary/aromatic N) is 1. The summed E-state index contributed by atoms with van der Waals surface area (Å²) in [5, 5.41) is 12.8. The zero-order valence-corrected chi connectivity index (χ0v) is 15.6. The number of amides is 1. The molecule has 3 rings (SSSR count). The lowest BCUT2D eigenvalue weighted by Crippen LogP contribution is -2.36. The van der Waals surface area contributed by atoms with Crippen LogP contribution < -0.4 is 10.2 Å². The summed E-state index contributed by atoms with van der Waals surface area (Å²) >= 11 is 0. The third-order valence-electron chi connectivity index (χ3n) is 4.55. The number of anilines is 1. The van der Waals surface area contributed by atoms with Gasteiger partial charge in [-0.3, -0.25) is 4.79 Å². The van der Waals surface area contributed by atoms with Crippen molar-refractivity contribution in [2.75, 3.05) is 37.7 Å². The standard InChI is InChI=1S/C21H21F3N2O3/c22-16-4-1-14(18(24)12-16)3-6-21(28)25-13-20(27)15-2-5-17(23)19(11-15)26-7-9-29-10-8-26/h1-6,11-12,20,27H,7-10,13H2,(H,25,28). The molecule has 1 atom stereocenters. The number of halogens is 3. The van der Waals surface area contributed by atoms with Gasteiger partial charge in [0.15, 0.2) is 0 Å². The van der Waals surface area contributed by atoms with E-state index in [0.29, 0.717) is 37.6 Å². The van der Waals surface area contributed by atoms with E-state index in [-0.39, 0.29) is 12.1 Å². The van der Waals surface area contributed by atoms with E-state index in [1.165, 1.54) is 24.3 Å². The molecular formula is C21H21F3N2O3. The van der Waals surface area contributed by atoms with Crippen LogP contribution in [0.1, 0.15) is 17.2 Å². The molecular weight excluding hydrogens is 385 g/mol. The smallest absolute Gasteiger partial charge is 0.244 e. The van der Waals surface area contributed by atoms with Crippen LogP contribution in [0.15, 0.2) is 42.5 Å². The van der Waals surface area contributed by atoms with E-state index in [9.17, 15) is 23.1 Å². The van der Waals surface area contributed by atoms with Crippen LogP contribution in [0.2, 0.25) is 0 Å². The Hall–Kier alpha value is -2.84. The minimum atomic E-state index is -1.05. The Morgan fingerprint density at radius 2 is 1.90 bits per heavy atom. The van der Waals surface area contributed by atoms with Crippen LogP contribution in [0, 0.1) is 17.5 Å². The van der Waals surface area contributed by atoms with Crippen LogP contribution in [-0.4, -0.2) is 43.9 Å². The van der Waals surface area contributed by atoms with Gasteiger partial charge in [-0.05, 0) is 35.9 Å². The Labute approximate surface area is 166 Å². The molecule has 2 aromatic rings. The summed E-state index contributed by atoms with van der Waals surface area (Å²) in [5.74, 6) is -2.43. The van der Waals surface area contributed by atoms with Crippen LogP contribution in [0.4, 0.5) is 18.9 Å².